The second-order valence-corrected chi connectivity index (χ2v) is 4.17. The Morgan fingerprint density at radius 2 is 1.58 bits per heavy atom. The van der Waals surface area contributed by atoms with Gasteiger partial charge < -0.3 is 4.74 Å². The lowest BCUT2D eigenvalue weighted by atomic mass is 10.2. The van der Waals surface area contributed by atoms with Crippen molar-refractivity contribution < 1.29 is 4.74 Å². The molecule has 0 aliphatic heterocycles. The van der Waals surface area contributed by atoms with Gasteiger partial charge in [0.05, 0.1) is 6.61 Å². The van der Waals surface area contributed by atoms with E-state index in [0.717, 1.165) is 13.2 Å². The van der Waals surface area contributed by atoms with Crippen molar-refractivity contribution in [3.63, 3.8) is 0 Å². The van der Waals surface area contributed by atoms with Crippen molar-refractivity contribution in [1.82, 2.24) is 5.32 Å². The van der Waals surface area contributed by atoms with E-state index in [1.807, 2.05) is 0 Å². The van der Waals surface area contributed by atoms with E-state index in [2.05, 4.69) is 39.9 Å². The van der Waals surface area contributed by atoms with Crippen LogP contribution in [0.25, 0.3) is 0 Å². The molecule has 0 aliphatic rings. The maximum absolute atomic E-state index is 5.54. The van der Waals surface area contributed by atoms with Crippen LogP contribution in [0.4, 0.5) is 0 Å². The van der Waals surface area contributed by atoms with E-state index in [1.54, 1.807) is 0 Å². The highest BCUT2D eigenvalue weighted by Gasteiger charge is 2.02. The van der Waals surface area contributed by atoms with Gasteiger partial charge in [-0.05, 0) is 25.3 Å². The molecule has 0 fully saturated rings. The Labute approximate surface area is 76.7 Å². The molecule has 0 aromatic carbocycles. The molecule has 0 radical (unpaired) electrons. The van der Waals surface area contributed by atoms with E-state index in [-0.39, 0.29) is 6.23 Å². The second kappa shape index (κ2) is 6.44. The molecule has 0 aromatic rings. The third kappa shape index (κ3) is 8.02. The van der Waals surface area contributed by atoms with Crippen LogP contribution in [0, 0.1) is 11.8 Å². The summed E-state index contributed by atoms with van der Waals surface area (Å²) in [6, 6.07) is 0. The van der Waals surface area contributed by atoms with Crippen LogP contribution in [0.2, 0.25) is 0 Å². The van der Waals surface area contributed by atoms with Crippen LogP contribution >= 0.6 is 0 Å². The zero-order chi connectivity index (χ0) is 9.56. The molecule has 2 nitrogen and oxygen atoms in total. The maximum atomic E-state index is 5.54. The third-order valence-corrected chi connectivity index (χ3v) is 1.49. The topological polar surface area (TPSA) is 21.3 Å². The van der Waals surface area contributed by atoms with Crippen molar-refractivity contribution in [2.75, 3.05) is 13.2 Å². The van der Waals surface area contributed by atoms with Gasteiger partial charge in [-0.2, -0.15) is 0 Å². The zero-order valence-electron chi connectivity index (χ0n) is 9.05. The molecule has 1 unspecified atom stereocenters. The minimum atomic E-state index is 0.190. The summed E-state index contributed by atoms with van der Waals surface area (Å²) in [5.74, 6) is 1.31. The molecular weight excluding hydrogens is 150 g/mol. The quantitative estimate of drug-likeness (QED) is 0.622. The Morgan fingerprint density at radius 3 is 2.00 bits per heavy atom. The maximum Gasteiger partial charge on any atom is 0.105 e. The molecule has 12 heavy (non-hydrogen) atoms. The minimum Gasteiger partial charge on any atom is -0.363 e. The van der Waals surface area contributed by atoms with Crippen molar-refractivity contribution >= 4 is 0 Å². The zero-order valence-corrected chi connectivity index (χ0v) is 9.05. The molecule has 0 saturated carbocycles. The molecule has 0 amide bonds. The van der Waals surface area contributed by atoms with E-state index in [9.17, 15) is 0 Å². The molecule has 0 aliphatic carbocycles. The number of rotatable bonds is 6. The lowest BCUT2D eigenvalue weighted by Gasteiger charge is -2.17. The summed E-state index contributed by atoms with van der Waals surface area (Å²) in [6.07, 6.45) is 0.190. The normalized spacial score (nSPS) is 14.2. The molecule has 0 spiro atoms. The number of hydrogen-bond acceptors (Lipinski definition) is 2. The van der Waals surface area contributed by atoms with Gasteiger partial charge in [-0.25, -0.2) is 0 Å². The predicted molar refractivity (Wildman–Crippen MR) is 53.1 cm³/mol. The van der Waals surface area contributed by atoms with Gasteiger partial charge in [0.1, 0.15) is 6.23 Å². The Hall–Kier alpha value is -0.0800. The van der Waals surface area contributed by atoms with Gasteiger partial charge >= 0.3 is 0 Å². The Kier molecular flexibility index (Phi) is 6.39. The van der Waals surface area contributed by atoms with Gasteiger partial charge in [0.25, 0.3) is 0 Å². The average molecular weight is 173 g/mol. The molecule has 1 atom stereocenters. The minimum absolute atomic E-state index is 0.190. The summed E-state index contributed by atoms with van der Waals surface area (Å²) in [5, 5.41) is 3.32. The highest BCUT2D eigenvalue weighted by atomic mass is 16.5. The van der Waals surface area contributed by atoms with Gasteiger partial charge in [0, 0.05) is 0 Å². The van der Waals surface area contributed by atoms with Gasteiger partial charge in [-0.3, -0.25) is 5.32 Å². The van der Waals surface area contributed by atoms with Gasteiger partial charge in [-0.15, -0.1) is 0 Å². The van der Waals surface area contributed by atoms with Crippen molar-refractivity contribution in [2.45, 2.75) is 40.8 Å². The Morgan fingerprint density at radius 1 is 1.00 bits per heavy atom. The highest BCUT2D eigenvalue weighted by Crippen LogP contribution is 1.96. The Bertz CT molecular complexity index is 90.0. The molecule has 0 rings (SSSR count). The largest absolute Gasteiger partial charge is 0.363 e. The van der Waals surface area contributed by atoms with Crippen LogP contribution in [0.3, 0.4) is 0 Å². The first-order chi connectivity index (χ1) is 5.52. The Balaban J connectivity index is 3.27. The molecule has 0 bridgehead atoms. The number of ether oxygens (including phenoxy) is 1. The molecule has 0 saturated heterocycles. The molecule has 0 heterocycles. The third-order valence-electron chi connectivity index (χ3n) is 1.49. The van der Waals surface area contributed by atoms with Gasteiger partial charge in [0.15, 0.2) is 0 Å². The lowest BCUT2D eigenvalue weighted by molar-refractivity contribution is 0.0248. The first-order valence-corrected chi connectivity index (χ1v) is 4.87. The standard InChI is InChI=1S/C10H23NO/c1-8(2)6-11-10(5)12-7-9(3)4/h8-11H,6-7H2,1-5H3. The van der Waals surface area contributed by atoms with Crippen LogP contribution in [0.15, 0.2) is 0 Å². The molecule has 74 valence electrons. The summed E-state index contributed by atoms with van der Waals surface area (Å²) in [5.41, 5.74) is 0. The van der Waals surface area contributed by atoms with Gasteiger partial charge in [-0.1, -0.05) is 27.7 Å². The van der Waals surface area contributed by atoms with E-state index >= 15 is 0 Å². The van der Waals surface area contributed by atoms with Gasteiger partial charge in [0.2, 0.25) is 0 Å². The fourth-order valence-corrected chi connectivity index (χ4v) is 0.797. The smallest absolute Gasteiger partial charge is 0.105 e. The van der Waals surface area contributed by atoms with Crippen molar-refractivity contribution in [2.24, 2.45) is 11.8 Å². The summed E-state index contributed by atoms with van der Waals surface area (Å²) in [7, 11) is 0. The van der Waals surface area contributed by atoms with E-state index in [0.29, 0.717) is 11.8 Å². The van der Waals surface area contributed by atoms with Crippen molar-refractivity contribution in [3.8, 4) is 0 Å². The van der Waals surface area contributed by atoms with Crippen LogP contribution < -0.4 is 5.32 Å². The van der Waals surface area contributed by atoms with E-state index < -0.39 is 0 Å². The SMILES string of the molecule is CC(C)CNC(C)OCC(C)C. The average Bonchev–Trinajstić information content (AvgIpc) is 1.96. The van der Waals surface area contributed by atoms with Crippen molar-refractivity contribution in [1.29, 1.82) is 0 Å². The number of nitrogens with one attached hydrogen (secondary N) is 1. The van der Waals surface area contributed by atoms with Crippen LogP contribution in [-0.4, -0.2) is 19.4 Å². The van der Waals surface area contributed by atoms with Crippen molar-refractivity contribution in [3.05, 3.63) is 0 Å². The first kappa shape index (κ1) is 11.9. The predicted octanol–water partition coefficient (Wildman–Crippen LogP) is 2.25. The molecular formula is C10H23NO. The summed E-state index contributed by atoms with van der Waals surface area (Å²) in [6.45, 7) is 12.6. The first-order valence-electron chi connectivity index (χ1n) is 4.87. The monoisotopic (exact) mass is 173 g/mol. The summed E-state index contributed by atoms with van der Waals surface area (Å²) >= 11 is 0. The summed E-state index contributed by atoms with van der Waals surface area (Å²) < 4.78 is 5.54. The van der Waals surface area contributed by atoms with Crippen LogP contribution in [-0.2, 0) is 4.74 Å². The second-order valence-electron chi connectivity index (χ2n) is 4.17. The van der Waals surface area contributed by atoms with E-state index in [4.69, 9.17) is 4.74 Å². The van der Waals surface area contributed by atoms with Crippen LogP contribution in [0.5, 0.6) is 0 Å². The van der Waals surface area contributed by atoms with Crippen LogP contribution in [0.1, 0.15) is 34.6 Å². The fraction of sp³-hybridized carbons (Fsp3) is 1.00. The molecule has 1 N–H and O–H groups in total. The fourth-order valence-electron chi connectivity index (χ4n) is 0.797. The highest BCUT2D eigenvalue weighted by molar-refractivity contribution is 4.53. The summed E-state index contributed by atoms with van der Waals surface area (Å²) in [4.78, 5) is 0. The lowest BCUT2D eigenvalue weighted by Crippen LogP contribution is -2.32. The van der Waals surface area contributed by atoms with E-state index in [1.165, 1.54) is 0 Å². The molecule has 0 aromatic heterocycles. The molecule has 2 heteroatoms. The number of hydrogen-bond donors (Lipinski definition) is 1.